The Morgan fingerprint density at radius 1 is 1.29 bits per heavy atom. The van der Waals surface area contributed by atoms with Crippen LogP contribution in [0.25, 0.3) is 0 Å². The van der Waals surface area contributed by atoms with Crippen LogP contribution in [0.1, 0.15) is 29.6 Å². The van der Waals surface area contributed by atoms with Gasteiger partial charge in [0, 0.05) is 18.2 Å². The zero-order valence-electron chi connectivity index (χ0n) is 11.9. The van der Waals surface area contributed by atoms with Crippen molar-refractivity contribution < 1.29 is 14.3 Å². The van der Waals surface area contributed by atoms with Crippen LogP contribution < -0.4 is 21.5 Å². The summed E-state index contributed by atoms with van der Waals surface area (Å²) in [6.07, 6.45) is 2.57. The van der Waals surface area contributed by atoms with Gasteiger partial charge < -0.3 is 21.5 Å². The molecule has 1 aromatic carbocycles. The molecular weight excluding hydrogens is 270 g/mol. The molecule has 1 aliphatic carbocycles. The van der Waals surface area contributed by atoms with Gasteiger partial charge in [-0.05, 0) is 43.0 Å². The Labute approximate surface area is 123 Å². The number of hydrogen-bond acceptors (Lipinski definition) is 4. The number of primary amides is 1. The van der Waals surface area contributed by atoms with Crippen molar-refractivity contribution in [3.05, 3.63) is 29.8 Å². The summed E-state index contributed by atoms with van der Waals surface area (Å²) in [7, 11) is 0. The van der Waals surface area contributed by atoms with Crippen molar-refractivity contribution in [2.45, 2.75) is 25.3 Å². The van der Waals surface area contributed by atoms with Gasteiger partial charge in [0.1, 0.15) is 5.75 Å². The van der Waals surface area contributed by atoms with Crippen LogP contribution >= 0.6 is 0 Å². The summed E-state index contributed by atoms with van der Waals surface area (Å²) in [6, 6.07) is 6.59. The number of amides is 2. The van der Waals surface area contributed by atoms with Crippen molar-refractivity contribution >= 4 is 11.8 Å². The molecule has 6 heteroatoms. The summed E-state index contributed by atoms with van der Waals surface area (Å²) >= 11 is 0. The lowest BCUT2D eigenvalue weighted by Gasteiger charge is -2.16. The van der Waals surface area contributed by atoms with Gasteiger partial charge in [0.2, 0.25) is 11.8 Å². The minimum Gasteiger partial charge on any atom is -0.493 e. The maximum Gasteiger partial charge on any atom is 0.248 e. The number of carbonyl (C=O) groups is 2. The van der Waals surface area contributed by atoms with E-state index in [1.165, 1.54) is 0 Å². The quantitative estimate of drug-likeness (QED) is 0.644. The average molecular weight is 291 g/mol. The summed E-state index contributed by atoms with van der Waals surface area (Å²) in [6.45, 7) is 0.759. The molecule has 0 heterocycles. The van der Waals surface area contributed by atoms with Crippen LogP contribution in [0.4, 0.5) is 0 Å². The Bertz CT molecular complexity index is 497. The first kappa shape index (κ1) is 15.3. The molecule has 1 saturated carbocycles. The highest BCUT2D eigenvalue weighted by atomic mass is 16.5. The lowest BCUT2D eigenvalue weighted by Crippen LogP contribution is -2.42. The molecule has 1 aliphatic rings. The van der Waals surface area contributed by atoms with Crippen molar-refractivity contribution in [1.82, 2.24) is 5.32 Å². The Morgan fingerprint density at radius 2 is 1.95 bits per heavy atom. The number of benzene rings is 1. The van der Waals surface area contributed by atoms with Crippen molar-refractivity contribution in [1.29, 1.82) is 0 Å². The molecule has 0 aliphatic heterocycles. The van der Waals surface area contributed by atoms with E-state index in [4.69, 9.17) is 16.2 Å². The molecule has 0 spiro atoms. The van der Waals surface area contributed by atoms with Gasteiger partial charge in [0.05, 0.1) is 13.0 Å². The molecule has 5 N–H and O–H groups in total. The number of ether oxygens (including phenoxy) is 1. The summed E-state index contributed by atoms with van der Waals surface area (Å²) in [5.41, 5.74) is 11.2. The van der Waals surface area contributed by atoms with Crippen molar-refractivity contribution in [3.63, 3.8) is 0 Å². The van der Waals surface area contributed by atoms with Crippen molar-refractivity contribution in [3.8, 4) is 5.75 Å². The fraction of sp³-hybridized carbons (Fsp3) is 0.467. The molecule has 0 bridgehead atoms. The van der Waals surface area contributed by atoms with Gasteiger partial charge in [-0.2, -0.15) is 0 Å². The molecule has 21 heavy (non-hydrogen) atoms. The minimum absolute atomic E-state index is 0.0499. The molecule has 1 aromatic rings. The molecule has 1 atom stereocenters. The topological polar surface area (TPSA) is 107 Å². The number of hydrogen-bond donors (Lipinski definition) is 3. The normalized spacial score (nSPS) is 15.3. The SMILES string of the molecule is NCC(NC(=O)CCOc1ccc(C(N)=O)cc1)C1CC1. The third-order valence-corrected chi connectivity index (χ3v) is 3.53. The van der Waals surface area contributed by atoms with E-state index in [-0.39, 0.29) is 25.0 Å². The van der Waals surface area contributed by atoms with Gasteiger partial charge >= 0.3 is 0 Å². The zero-order valence-corrected chi connectivity index (χ0v) is 11.9. The fourth-order valence-electron chi connectivity index (χ4n) is 2.12. The van der Waals surface area contributed by atoms with E-state index >= 15 is 0 Å². The van der Waals surface area contributed by atoms with Crippen molar-refractivity contribution in [2.24, 2.45) is 17.4 Å². The lowest BCUT2D eigenvalue weighted by atomic mass is 10.2. The highest BCUT2D eigenvalue weighted by Gasteiger charge is 2.30. The van der Waals surface area contributed by atoms with Crippen molar-refractivity contribution in [2.75, 3.05) is 13.2 Å². The van der Waals surface area contributed by atoms with Crippen LogP contribution in [0, 0.1) is 5.92 Å². The number of rotatable bonds is 8. The van der Waals surface area contributed by atoms with E-state index in [9.17, 15) is 9.59 Å². The Kier molecular flexibility index (Phi) is 5.16. The third kappa shape index (κ3) is 4.75. The standard InChI is InChI=1S/C15H21N3O3/c16-9-13(10-1-2-10)18-14(19)7-8-21-12-5-3-11(4-6-12)15(17)20/h3-6,10,13H,1-2,7-9,16H2,(H2,17,20)(H,18,19). The van der Waals surface area contributed by atoms with Gasteiger partial charge in [-0.1, -0.05) is 0 Å². The largest absolute Gasteiger partial charge is 0.493 e. The third-order valence-electron chi connectivity index (χ3n) is 3.53. The molecule has 0 radical (unpaired) electrons. The molecule has 0 saturated heterocycles. The van der Waals surface area contributed by atoms with Gasteiger partial charge in [0.25, 0.3) is 0 Å². The summed E-state index contributed by atoms with van der Waals surface area (Å²) in [5.74, 6) is 0.617. The Balaban J connectivity index is 1.70. The zero-order chi connectivity index (χ0) is 15.2. The number of carbonyl (C=O) groups excluding carboxylic acids is 2. The Morgan fingerprint density at radius 3 is 2.48 bits per heavy atom. The number of nitrogens with two attached hydrogens (primary N) is 2. The van der Waals surface area contributed by atoms with Crippen LogP contribution in [0.15, 0.2) is 24.3 Å². The van der Waals surface area contributed by atoms with E-state index in [1.807, 2.05) is 0 Å². The van der Waals surface area contributed by atoms with E-state index in [0.717, 1.165) is 12.8 Å². The molecule has 6 nitrogen and oxygen atoms in total. The second kappa shape index (κ2) is 7.08. The molecule has 2 rings (SSSR count). The smallest absolute Gasteiger partial charge is 0.248 e. The van der Waals surface area contributed by atoms with E-state index < -0.39 is 5.91 Å². The predicted octanol–water partition coefficient (Wildman–Crippen LogP) is 0.408. The molecule has 114 valence electrons. The fourth-order valence-corrected chi connectivity index (χ4v) is 2.12. The van der Waals surface area contributed by atoms with Gasteiger partial charge in [-0.15, -0.1) is 0 Å². The van der Waals surface area contributed by atoms with E-state index in [0.29, 0.717) is 23.8 Å². The second-order valence-electron chi connectivity index (χ2n) is 5.23. The average Bonchev–Trinajstić information content (AvgIpc) is 3.30. The van der Waals surface area contributed by atoms with Crippen LogP contribution in [-0.4, -0.2) is 31.0 Å². The molecule has 0 aromatic heterocycles. The lowest BCUT2D eigenvalue weighted by molar-refractivity contribution is -0.122. The minimum atomic E-state index is -0.478. The highest BCUT2D eigenvalue weighted by molar-refractivity contribution is 5.92. The maximum absolute atomic E-state index is 11.8. The first-order valence-electron chi connectivity index (χ1n) is 7.12. The van der Waals surface area contributed by atoms with E-state index in [1.54, 1.807) is 24.3 Å². The first-order chi connectivity index (χ1) is 10.1. The first-order valence-corrected chi connectivity index (χ1v) is 7.12. The molecular formula is C15H21N3O3. The van der Waals surface area contributed by atoms with Gasteiger partial charge in [0.15, 0.2) is 0 Å². The van der Waals surface area contributed by atoms with E-state index in [2.05, 4.69) is 5.32 Å². The highest BCUT2D eigenvalue weighted by Crippen LogP contribution is 2.32. The van der Waals surface area contributed by atoms with Crippen LogP contribution in [0.3, 0.4) is 0 Å². The van der Waals surface area contributed by atoms with Crippen LogP contribution in [0.5, 0.6) is 5.75 Å². The molecule has 1 fully saturated rings. The summed E-state index contributed by atoms with van der Waals surface area (Å²) in [5, 5.41) is 2.93. The van der Waals surface area contributed by atoms with Gasteiger partial charge in [-0.3, -0.25) is 9.59 Å². The number of nitrogens with one attached hydrogen (secondary N) is 1. The predicted molar refractivity (Wildman–Crippen MR) is 78.8 cm³/mol. The van der Waals surface area contributed by atoms with Crippen LogP contribution in [0.2, 0.25) is 0 Å². The summed E-state index contributed by atoms with van der Waals surface area (Å²) < 4.78 is 5.46. The monoisotopic (exact) mass is 291 g/mol. The van der Waals surface area contributed by atoms with Gasteiger partial charge in [-0.25, -0.2) is 0 Å². The summed E-state index contributed by atoms with van der Waals surface area (Å²) in [4.78, 5) is 22.7. The van der Waals surface area contributed by atoms with Crippen LogP contribution in [-0.2, 0) is 4.79 Å². The molecule has 1 unspecified atom stereocenters. The maximum atomic E-state index is 11.8. The Hall–Kier alpha value is -2.08. The molecule has 2 amide bonds. The second-order valence-corrected chi connectivity index (χ2v) is 5.23.